The molecule has 2 fully saturated rings. The summed E-state index contributed by atoms with van der Waals surface area (Å²) in [5, 5.41) is 14.3. The number of nitrogens with one attached hydrogen (secondary N) is 2. The summed E-state index contributed by atoms with van der Waals surface area (Å²) in [7, 11) is 1.59. The van der Waals surface area contributed by atoms with Crippen LogP contribution in [0.5, 0.6) is 11.5 Å². The lowest BCUT2D eigenvalue weighted by Gasteiger charge is -2.43. The molecule has 4 rings (SSSR count). The van der Waals surface area contributed by atoms with Crippen LogP contribution < -0.4 is 20.1 Å². The minimum Gasteiger partial charge on any atom is -0.497 e. The van der Waals surface area contributed by atoms with E-state index >= 15 is 0 Å². The summed E-state index contributed by atoms with van der Waals surface area (Å²) in [6.07, 6.45) is 2.65. The van der Waals surface area contributed by atoms with Crippen molar-refractivity contribution in [2.24, 2.45) is 0 Å². The van der Waals surface area contributed by atoms with Crippen LogP contribution in [0, 0.1) is 11.5 Å². The molecule has 2 aliphatic rings. The number of ether oxygens (including phenoxy) is 3. The summed E-state index contributed by atoms with van der Waals surface area (Å²) in [5.41, 5.74) is 0.541. The topological polar surface area (TPSA) is 116 Å². The third-order valence-corrected chi connectivity index (χ3v) is 5.87. The van der Waals surface area contributed by atoms with Gasteiger partial charge in [0, 0.05) is 43.9 Å². The van der Waals surface area contributed by atoms with E-state index < -0.39 is 5.72 Å². The fourth-order valence-electron chi connectivity index (χ4n) is 4.10. The highest BCUT2D eigenvalue weighted by atomic mass is 16.5. The van der Waals surface area contributed by atoms with Crippen molar-refractivity contribution in [3.63, 3.8) is 0 Å². The average molecular weight is 451 g/mol. The highest BCUT2D eigenvalue weighted by Gasteiger charge is 2.47. The van der Waals surface area contributed by atoms with Gasteiger partial charge in [-0.2, -0.15) is 0 Å². The van der Waals surface area contributed by atoms with E-state index in [2.05, 4.69) is 10.6 Å². The van der Waals surface area contributed by atoms with E-state index in [1.807, 2.05) is 0 Å². The number of hydrogen-bond acceptors (Lipinski definition) is 6. The zero-order valence-corrected chi connectivity index (χ0v) is 18.2. The van der Waals surface area contributed by atoms with Gasteiger partial charge in [-0.05, 0) is 48.5 Å². The largest absolute Gasteiger partial charge is 0.497 e. The van der Waals surface area contributed by atoms with Gasteiger partial charge >= 0.3 is 12.1 Å². The SMILES string of the molecule is COc1ccc(NC(=O)N2CCC3(CC2)OCCN3C(=O)Nc2ccc(OC#N)cc2)cc1. The molecule has 0 unspecified atom stereocenters. The number of anilines is 2. The Bertz CT molecular complexity index is 1030. The summed E-state index contributed by atoms with van der Waals surface area (Å²) in [6, 6.07) is 13.2. The number of amides is 4. The van der Waals surface area contributed by atoms with Crippen molar-refractivity contribution in [3.05, 3.63) is 48.5 Å². The monoisotopic (exact) mass is 451 g/mol. The number of methoxy groups -OCH3 is 1. The molecule has 2 heterocycles. The third-order valence-electron chi connectivity index (χ3n) is 5.87. The van der Waals surface area contributed by atoms with Gasteiger partial charge in [-0.1, -0.05) is 0 Å². The zero-order valence-electron chi connectivity index (χ0n) is 18.2. The second-order valence-corrected chi connectivity index (χ2v) is 7.74. The number of carbonyl (C=O) groups is 2. The van der Waals surface area contributed by atoms with Gasteiger partial charge < -0.3 is 29.7 Å². The molecule has 2 aromatic carbocycles. The molecule has 0 aromatic heterocycles. The summed E-state index contributed by atoms with van der Waals surface area (Å²) in [4.78, 5) is 29.1. The smallest absolute Gasteiger partial charge is 0.324 e. The molecular formula is C23H25N5O5. The number of likely N-dealkylation sites (tertiary alicyclic amines) is 1. The molecule has 2 aromatic rings. The molecule has 2 saturated heterocycles. The molecule has 10 heteroatoms. The van der Waals surface area contributed by atoms with Crippen LogP contribution in [0.25, 0.3) is 0 Å². The Morgan fingerprint density at radius 3 is 2.09 bits per heavy atom. The van der Waals surface area contributed by atoms with Gasteiger partial charge in [0.1, 0.15) is 17.2 Å². The van der Waals surface area contributed by atoms with E-state index in [0.717, 1.165) is 5.75 Å². The van der Waals surface area contributed by atoms with Gasteiger partial charge in [-0.25, -0.2) is 9.59 Å². The normalized spacial score (nSPS) is 16.7. The second-order valence-electron chi connectivity index (χ2n) is 7.74. The molecular weight excluding hydrogens is 426 g/mol. The van der Waals surface area contributed by atoms with Crippen molar-refractivity contribution in [1.29, 1.82) is 5.26 Å². The lowest BCUT2D eigenvalue weighted by Crippen LogP contribution is -2.57. The van der Waals surface area contributed by atoms with Crippen molar-refractivity contribution in [2.75, 3.05) is 44.0 Å². The lowest BCUT2D eigenvalue weighted by atomic mass is 9.99. The molecule has 0 atom stereocenters. The number of rotatable bonds is 4. The molecule has 1 spiro atoms. The molecule has 33 heavy (non-hydrogen) atoms. The van der Waals surface area contributed by atoms with Crippen molar-refractivity contribution >= 4 is 23.4 Å². The van der Waals surface area contributed by atoms with Gasteiger partial charge in [0.25, 0.3) is 6.26 Å². The number of piperidine rings is 1. The lowest BCUT2D eigenvalue weighted by molar-refractivity contribution is -0.0944. The maximum Gasteiger partial charge on any atom is 0.324 e. The van der Waals surface area contributed by atoms with E-state index in [9.17, 15) is 9.59 Å². The van der Waals surface area contributed by atoms with E-state index in [1.54, 1.807) is 71.7 Å². The highest BCUT2D eigenvalue weighted by molar-refractivity contribution is 5.91. The summed E-state index contributed by atoms with van der Waals surface area (Å²) < 4.78 is 15.9. The first-order chi connectivity index (χ1) is 16.0. The Hall–Kier alpha value is -3.97. The van der Waals surface area contributed by atoms with E-state index in [1.165, 1.54) is 0 Å². The number of urea groups is 2. The highest BCUT2D eigenvalue weighted by Crippen LogP contribution is 2.35. The van der Waals surface area contributed by atoms with E-state index in [-0.39, 0.29) is 12.1 Å². The Morgan fingerprint density at radius 2 is 1.52 bits per heavy atom. The Labute approximate surface area is 191 Å². The minimum atomic E-state index is -0.731. The molecule has 0 saturated carbocycles. The van der Waals surface area contributed by atoms with Gasteiger partial charge in [0.15, 0.2) is 0 Å². The van der Waals surface area contributed by atoms with Crippen LogP contribution in [0.15, 0.2) is 48.5 Å². The number of benzene rings is 2. The molecule has 0 aliphatic carbocycles. The molecule has 2 aliphatic heterocycles. The first-order valence-corrected chi connectivity index (χ1v) is 10.6. The van der Waals surface area contributed by atoms with Crippen molar-refractivity contribution < 1.29 is 23.8 Å². The standard InChI is InChI=1S/C23H25N5O5/c1-31-19-6-2-17(3-7-19)25-21(29)27-12-10-23(11-13-27)28(14-15-33-23)22(30)26-18-4-8-20(9-5-18)32-16-24/h2-9H,10-15H2,1H3,(H,25,29)(H,26,30). The molecule has 0 bridgehead atoms. The van der Waals surface area contributed by atoms with Crippen molar-refractivity contribution in [3.8, 4) is 17.8 Å². The maximum absolute atomic E-state index is 13.0. The Balaban J connectivity index is 1.33. The number of nitriles is 1. The van der Waals surface area contributed by atoms with Crippen LogP contribution in [-0.2, 0) is 4.74 Å². The third kappa shape index (κ3) is 4.94. The van der Waals surface area contributed by atoms with Gasteiger partial charge in [-0.15, -0.1) is 5.26 Å². The summed E-state index contributed by atoms with van der Waals surface area (Å²) in [6.45, 7) is 1.85. The molecule has 4 amide bonds. The van der Waals surface area contributed by atoms with Crippen LogP contribution >= 0.6 is 0 Å². The molecule has 10 nitrogen and oxygen atoms in total. The predicted octanol–water partition coefficient (Wildman–Crippen LogP) is 3.44. The fraction of sp³-hybridized carbons (Fsp3) is 0.348. The fourth-order valence-corrected chi connectivity index (χ4v) is 4.10. The van der Waals surface area contributed by atoms with Gasteiger partial charge in [-0.3, -0.25) is 4.90 Å². The molecule has 172 valence electrons. The zero-order chi connectivity index (χ0) is 23.3. The van der Waals surface area contributed by atoms with Gasteiger partial charge in [0.2, 0.25) is 0 Å². The van der Waals surface area contributed by atoms with Crippen LogP contribution in [-0.4, -0.2) is 60.9 Å². The van der Waals surface area contributed by atoms with E-state index in [0.29, 0.717) is 56.2 Å². The van der Waals surface area contributed by atoms with Crippen LogP contribution in [0.4, 0.5) is 21.0 Å². The number of nitrogens with zero attached hydrogens (tertiary/aromatic N) is 3. The van der Waals surface area contributed by atoms with Crippen molar-refractivity contribution in [1.82, 2.24) is 9.80 Å². The van der Waals surface area contributed by atoms with Crippen LogP contribution in [0.2, 0.25) is 0 Å². The van der Waals surface area contributed by atoms with Crippen LogP contribution in [0.1, 0.15) is 12.8 Å². The molecule has 0 radical (unpaired) electrons. The number of carbonyl (C=O) groups excluding carboxylic acids is 2. The average Bonchev–Trinajstić information content (AvgIpc) is 3.24. The van der Waals surface area contributed by atoms with E-state index in [4.69, 9.17) is 19.5 Å². The molecule has 2 N–H and O–H groups in total. The van der Waals surface area contributed by atoms with Gasteiger partial charge in [0.05, 0.1) is 13.7 Å². The second kappa shape index (κ2) is 9.67. The van der Waals surface area contributed by atoms with Crippen LogP contribution in [0.3, 0.4) is 0 Å². The quantitative estimate of drug-likeness (QED) is 0.688. The first-order valence-electron chi connectivity index (χ1n) is 10.6. The summed E-state index contributed by atoms with van der Waals surface area (Å²) >= 11 is 0. The first kappa shape index (κ1) is 22.2. The Kier molecular flexibility index (Phi) is 6.51. The Morgan fingerprint density at radius 1 is 0.939 bits per heavy atom. The number of hydrogen-bond donors (Lipinski definition) is 2. The summed E-state index contributed by atoms with van der Waals surface area (Å²) in [5.74, 6) is 1.12. The predicted molar refractivity (Wildman–Crippen MR) is 120 cm³/mol. The minimum absolute atomic E-state index is 0.191. The maximum atomic E-state index is 13.0. The van der Waals surface area contributed by atoms with Crippen molar-refractivity contribution in [2.45, 2.75) is 18.6 Å².